The van der Waals surface area contributed by atoms with Crippen molar-refractivity contribution in [2.75, 3.05) is 34.4 Å². The molecular weight excluding hydrogens is 987 g/mol. The number of aliphatic hydroxyl groups is 2. The number of aliphatic hydroxyl groups excluding tert-OH is 1. The van der Waals surface area contributed by atoms with Crippen LogP contribution >= 0.6 is 0 Å². The lowest BCUT2D eigenvalue weighted by Crippen LogP contribution is -2.61. The van der Waals surface area contributed by atoms with E-state index >= 15 is 0 Å². The molecule has 2 amide bonds. The fraction of sp³-hybridized carbons (Fsp3) is 0.732. The Morgan fingerprint density at radius 3 is 2.28 bits per heavy atom. The number of hydroxylamine groups is 4. The number of methoxy groups -OCH3 is 2. The van der Waals surface area contributed by atoms with Gasteiger partial charge in [-0.05, 0) is 119 Å². The predicted octanol–water partition coefficient (Wildman–Crippen LogP) is 6.81. The number of cyclic esters (lactones) is 1. The van der Waals surface area contributed by atoms with Gasteiger partial charge < -0.3 is 43.6 Å². The fourth-order valence-electron chi connectivity index (χ4n) is 11.0. The second-order valence-corrected chi connectivity index (χ2v) is 21.8. The molecule has 0 spiro atoms. The monoisotopic (exact) mass is 1070 g/mol. The van der Waals surface area contributed by atoms with Gasteiger partial charge in [-0.2, -0.15) is 5.06 Å². The number of hydrogen-bond acceptors (Lipinski definition) is 18. The molecule has 0 aromatic rings. The third-order valence-electron chi connectivity index (χ3n) is 15.7. The molecule has 0 unspecified atom stereocenters. The summed E-state index contributed by atoms with van der Waals surface area (Å²) in [4.78, 5) is 104. The van der Waals surface area contributed by atoms with Crippen LogP contribution < -0.4 is 0 Å². The molecule has 428 valence electrons. The van der Waals surface area contributed by atoms with Gasteiger partial charge in [0.05, 0.1) is 37.8 Å². The summed E-state index contributed by atoms with van der Waals surface area (Å²) in [6, 6.07) is -2.33. The second kappa shape index (κ2) is 29.9. The number of ether oxygens (including phenoxy) is 5. The van der Waals surface area contributed by atoms with Crippen molar-refractivity contribution in [3.05, 3.63) is 47.6 Å². The lowest BCUT2D eigenvalue weighted by atomic mass is 9.75. The Kier molecular flexibility index (Phi) is 25.1. The maximum atomic E-state index is 14.6. The molecule has 1 aliphatic carbocycles. The molecule has 1 saturated carbocycles. The quantitative estimate of drug-likeness (QED) is 0.0576. The smallest absolute Gasteiger partial charge is 0.434 e. The molecule has 3 fully saturated rings. The third kappa shape index (κ3) is 17.2. The summed E-state index contributed by atoms with van der Waals surface area (Å²) in [5.74, 6) is -10.8. The first-order chi connectivity index (χ1) is 35.9. The van der Waals surface area contributed by atoms with Gasteiger partial charge >= 0.3 is 18.0 Å². The molecule has 20 heteroatoms. The van der Waals surface area contributed by atoms with Crippen LogP contribution in [0.5, 0.6) is 0 Å². The van der Waals surface area contributed by atoms with Crippen LogP contribution in [0.3, 0.4) is 0 Å². The number of allylic oxidation sites excluding steroid dienone is 6. The van der Waals surface area contributed by atoms with E-state index in [4.69, 9.17) is 28.5 Å². The normalized spacial score (nSPS) is 36.1. The van der Waals surface area contributed by atoms with E-state index in [0.717, 1.165) is 4.90 Å². The van der Waals surface area contributed by atoms with Crippen LogP contribution in [0, 0.1) is 41.4 Å². The molecule has 4 aliphatic rings. The molecular formula is C56H87N3O17. The van der Waals surface area contributed by atoms with Gasteiger partial charge in [0, 0.05) is 51.4 Å². The van der Waals surface area contributed by atoms with E-state index in [2.05, 4.69) is 0 Å². The molecule has 4 rings (SSSR count). The molecule has 3 heterocycles. The van der Waals surface area contributed by atoms with Crippen LogP contribution in [0.2, 0.25) is 0 Å². The van der Waals surface area contributed by atoms with Crippen LogP contribution in [0.15, 0.2) is 47.6 Å². The lowest BCUT2D eigenvalue weighted by Gasteiger charge is -2.43. The number of nitrogens with zero attached hydrogens (tertiary/aromatic N) is 3. The van der Waals surface area contributed by atoms with Gasteiger partial charge in [0.25, 0.3) is 11.7 Å². The Labute approximate surface area is 448 Å². The van der Waals surface area contributed by atoms with Crippen molar-refractivity contribution in [1.29, 1.82) is 0 Å². The van der Waals surface area contributed by atoms with E-state index in [1.54, 1.807) is 71.9 Å². The first-order valence-corrected chi connectivity index (χ1v) is 27.1. The Bertz CT molecular complexity index is 2120. The highest BCUT2D eigenvalue weighted by molar-refractivity contribution is 6.39. The summed E-state index contributed by atoms with van der Waals surface area (Å²) in [5, 5.41) is 45.3. The van der Waals surface area contributed by atoms with Crippen molar-refractivity contribution in [3.63, 3.8) is 0 Å². The Morgan fingerprint density at radius 2 is 1.62 bits per heavy atom. The lowest BCUT2D eigenvalue weighted by molar-refractivity contribution is -0.306. The molecule has 3 aliphatic heterocycles. The maximum Gasteiger partial charge on any atom is 0.434 e. The van der Waals surface area contributed by atoms with Gasteiger partial charge in [-0.3, -0.25) is 29.6 Å². The summed E-state index contributed by atoms with van der Waals surface area (Å²) in [5.41, 5.74) is 0.820. The van der Waals surface area contributed by atoms with Crippen molar-refractivity contribution >= 4 is 41.3 Å². The topological polar surface area (TPSA) is 266 Å². The summed E-state index contributed by atoms with van der Waals surface area (Å²) in [7, 11) is 4.00. The molecule has 4 N–H and O–H groups in total. The average molecular weight is 1070 g/mol. The summed E-state index contributed by atoms with van der Waals surface area (Å²) < 4.78 is 29.0. The number of amides is 2. The Hall–Kier alpha value is -4.67. The first kappa shape index (κ1) is 63.9. The standard InChI is InChI=1S/C56H87N3O17/c1-12-26-73-55(67)59(70)44-31-41-23-21-39(8)56(68,75-41)51(63)52(64)58-25-17-16-20-43(58)54(66)74-46(36(5)29-40-22-24-42(47(30-40)71-10)53(65)76-57(9)69)32-45(60)35(4)28-38(7)49(62)50(72-11)48(61)37(6)27-33(2)18-14-13-15-19-34(44)3/h13-15,18-19,28,33,35-37,39-44,46-47,49-50,62,68-70H,12,16-17,20-27,29-32H2,1-11H3/b15-13+,18-14+,34-19+,38-28+/t33-,35-,36-,37-,39-,40+,41+,42-,43+,44+,46+,47-,49-,50+,56-/m1/s1. The fourth-order valence-corrected chi connectivity index (χ4v) is 11.0. The average Bonchev–Trinajstić information content (AvgIpc) is 3.38. The molecule has 0 aromatic carbocycles. The maximum absolute atomic E-state index is 14.6. The first-order valence-electron chi connectivity index (χ1n) is 27.1. The van der Waals surface area contributed by atoms with Crippen LogP contribution in [-0.4, -0.2) is 160 Å². The number of fused-ring (bicyclic) bond motifs is 3. The van der Waals surface area contributed by atoms with Crippen LogP contribution in [-0.2, 0) is 57.3 Å². The largest absolute Gasteiger partial charge is 0.460 e. The number of rotatable bonds is 10. The van der Waals surface area contributed by atoms with Gasteiger partial charge in [-0.1, -0.05) is 78.0 Å². The van der Waals surface area contributed by atoms with E-state index in [1.165, 1.54) is 21.3 Å². The number of carbonyl (C=O) groups excluding carboxylic acids is 7. The Morgan fingerprint density at radius 1 is 0.908 bits per heavy atom. The molecule has 76 heavy (non-hydrogen) atoms. The van der Waals surface area contributed by atoms with Gasteiger partial charge in [0.2, 0.25) is 5.79 Å². The molecule has 15 atom stereocenters. The van der Waals surface area contributed by atoms with Gasteiger partial charge in [0.15, 0.2) is 5.78 Å². The van der Waals surface area contributed by atoms with Crippen molar-refractivity contribution in [3.8, 4) is 0 Å². The summed E-state index contributed by atoms with van der Waals surface area (Å²) in [6.07, 6.45) is 8.07. The van der Waals surface area contributed by atoms with Crippen molar-refractivity contribution in [2.24, 2.45) is 41.4 Å². The highest BCUT2D eigenvalue weighted by Gasteiger charge is 2.53. The van der Waals surface area contributed by atoms with Gasteiger partial charge in [0.1, 0.15) is 30.1 Å². The zero-order valence-corrected chi connectivity index (χ0v) is 46.6. The molecule has 2 saturated heterocycles. The number of Topliss-reactive ketones (excluding diaryl/α,β-unsaturated/α-hetero) is 3. The third-order valence-corrected chi connectivity index (χ3v) is 15.7. The molecule has 0 radical (unpaired) electrons. The van der Waals surface area contributed by atoms with Gasteiger partial charge in [-0.25, -0.2) is 14.4 Å². The zero-order valence-electron chi connectivity index (χ0n) is 46.6. The highest BCUT2D eigenvalue weighted by Crippen LogP contribution is 2.39. The minimum atomic E-state index is -2.64. The Balaban J connectivity index is 1.75. The van der Waals surface area contributed by atoms with Crippen LogP contribution in [0.25, 0.3) is 0 Å². The number of hydrogen-bond donors (Lipinski definition) is 4. The van der Waals surface area contributed by atoms with E-state index in [1.807, 2.05) is 19.9 Å². The summed E-state index contributed by atoms with van der Waals surface area (Å²) in [6.45, 7) is 13.9. The van der Waals surface area contributed by atoms with E-state index in [0.29, 0.717) is 79.2 Å². The van der Waals surface area contributed by atoms with Gasteiger partial charge in [-0.15, -0.1) is 0 Å². The minimum absolute atomic E-state index is 0.0201. The summed E-state index contributed by atoms with van der Waals surface area (Å²) >= 11 is 0. The van der Waals surface area contributed by atoms with E-state index < -0.39 is 108 Å². The SMILES string of the molecule is CCCOC(=O)N(O)[C@H]1C[C@@H]2CC[C@@H](C)[C@@](O)(O2)C(=O)C(=O)N2CCCC[C@H]2C(=O)O[C@H]([C@H](C)C[C@@H]2CC[C@@H](C(=O)ON(C)O)[C@H](OC)C2)CC(=O)[C@H](C)/C=C(\C)[C@@H](O)[C@@H](OC)C(=O)[C@H](C)C[C@H](C)/C=C/C=C/C=C/1C. The molecule has 20 nitrogen and oxygen atoms in total. The van der Waals surface area contributed by atoms with Crippen LogP contribution in [0.1, 0.15) is 139 Å². The zero-order chi connectivity index (χ0) is 56.6. The predicted molar refractivity (Wildman–Crippen MR) is 277 cm³/mol. The van der Waals surface area contributed by atoms with Crippen LogP contribution in [0.4, 0.5) is 4.79 Å². The van der Waals surface area contributed by atoms with E-state index in [-0.39, 0.29) is 62.2 Å². The number of piperidine rings is 1. The van der Waals surface area contributed by atoms with Crippen molar-refractivity contribution in [1.82, 2.24) is 15.2 Å². The number of esters is 1. The molecule has 0 aromatic heterocycles. The van der Waals surface area contributed by atoms with Crippen molar-refractivity contribution in [2.45, 2.75) is 187 Å². The minimum Gasteiger partial charge on any atom is -0.460 e. The highest BCUT2D eigenvalue weighted by atomic mass is 16.9. The van der Waals surface area contributed by atoms with E-state index in [9.17, 15) is 54.2 Å². The number of carbonyl (C=O) groups is 7. The van der Waals surface area contributed by atoms with Crippen molar-refractivity contribution < 1.29 is 82.7 Å². The second-order valence-electron chi connectivity index (χ2n) is 21.8. The molecule has 2 bridgehead atoms. The number of ketones is 3.